The van der Waals surface area contributed by atoms with E-state index < -0.39 is 16.3 Å². The van der Waals surface area contributed by atoms with Crippen molar-refractivity contribution in [1.82, 2.24) is 0 Å². The lowest BCUT2D eigenvalue weighted by Gasteiger charge is -2.45. The van der Waals surface area contributed by atoms with Crippen molar-refractivity contribution in [1.29, 1.82) is 0 Å². The van der Waals surface area contributed by atoms with Gasteiger partial charge in [0.2, 0.25) is 0 Å². The highest BCUT2D eigenvalue weighted by atomic mass is 32.2. The average molecular weight is 474 g/mol. The first-order chi connectivity index (χ1) is 17.3. The Hall–Kier alpha value is -3.93. The van der Waals surface area contributed by atoms with Gasteiger partial charge in [-0.2, -0.15) is 0 Å². The van der Waals surface area contributed by atoms with Crippen LogP contribution in [-0.4, -0.2) is 9.67 Å². The molecule has 0 N–H and O–H groups in total. The van der Waals surface area contributed by atoms with Crippen LogP contribution in [0.5, 0.6) is 0 Å². The van der Waals surface area contributed by atoms with Crippen molar-refractivity contribution >= 4 is 39.6 Å². The van der Waals surface area contributed by atoms with E-state index in [0.717, 1.165) is 45.5 Å². The summed E-state index contributed by atoms with van der Waals surface area (Å²) >= 11 is -1.41. The molecule has 1 atom stereocenters. The van der Waals surface area contributed by atoms with E-state index in [9.17, 15) is 4.55 Å². The minimum Gasteiger partial charge on any atom is -0.606 e. The van der Waals surface area contributed by atoms with Gasteiger partial charge in [-0.25, -0.2) is 0 Å². The maximum Gasteiger partial charge on any atom is 0.380 e. The van der Waals surface area contributed by atoms with Crippen LogP contribution in [-0.2, 0) is 11.2 Å². The molecule has 35 heavy (non-hydrogen) atoms. The number of nitrogens with zero attached hydrogens (tertiary/aromatic N) is 3. The molecule has 2 heterocycles. The van der Waals surface area contributed by atoms with Crippen LogP contribution in [0.1, 0.15) is 6.42 Å². The van der Waals surface area contributed by atoms with Gasteiger partial charge in [0.15, 0.2) is 4.91 Å². The van der Waals surface area contributed by atoms with Crippen LogP contribution in [0.25, 0.3) is 0 Å². The van der Waals surface area contributed by atoms with Crippen molar-refractivity contribution in [3.8, 4) is 0 Å². The average Bonchev–Trinajstić information content (AvgIpc) is 3.57. The lowest BCUT2D eigenvalue weighted by atomic mass is 10.2. The van der Waals surface area contributed by atoms with Gasteiger partial charge in [0.05, 0.1) is 39.6 Å². The Bertz CT molecular complexity index is 1390. The monoisotopic (exact) mass is 473 g/mol. The first kappa shape index (κ1) is 20.4. The third kappa shape index (κ3) is 2.74. The maximum absolute atomic E-state index is 14.9. The first-order valence-electron chi connectivity index (χ1n) is 11.8. The molecule has 7 rings (SSSR count). The molecule has 0 amide bonds. The Morgan fingerprint density at radius 3 is 1.46 bits per heavy atom. The number of anilines is 5. The Balaban J connectivity index is 1.61. The SMILES string of the molecule is [O-][S+]1C2=CCC=C2N(c2ccccc2)C12N(c1ccccc1)c1ccccc1N2c1ccccc1. The van der Waals surface area contributed by atoms with Crippen molar-refractivity contribution in [2.24, 2.45) is 0 Å². The second-order valence-corrected chi connectivity index (χ2v) is 10.3. The molecule has 1 fully saturated rings. The van der Waals surface area contributed by atoms with Crippen molar-refractivity contribution in [2.45, 2.75) is 11.5 Å². The Morgan fingerprint density at radius 2 is 0.971 bits per heavy atom. The number of fused-ring (bicyclic) bond motifs is 2. The van der Waals surface area contributed by atoms with Gasteiger partial charge in [0.25, 0.3) is 0 Å². The lowest BCUT2D eigenvalue weighted by Crippen LogP contribution is -2.66. The number of rotatable bonds is 3. The number of hydrogen-bond donors (Lipinski definition) is 0. The third-order valence-electron chi connectivity index (χ3n) is 6.84. The molecule has 0 saturated carbocycles. The summed E-state index contributed by atoms with van der Waals surface area (Å²) in [5.41, 5.74) is 6.06. The van der Waals surface area contributed by atoms with E-state index in [1.54, 1.807) is 0 Å². The second kappa shape index (κ2) is 7.80. The molecule has 4 nitrogen and oxygen atoms in total. The summed E-state index contributed by atoms with van der Waals surface area (Å²) in [5.74, 6) is 0. The predicted molar refractivity (Wildman–Crippen MR) is 144 cm³/mol. The van der Waals surface area contributed by atoms with E-state index in [1.165, 1.54) is 0 Å². The maximum atomic E-state index is 14.9. The predicted octanol–water partition coefficient (Wildman–Crippen LogP) is 7.03. The summed E-state index contributed by atoms with van der Waals surface area (Å²) < 4.78 is 14.9. The molecule has 2 aliphatic heterocycles. The molecule has 0 bridgehead atoms. The van der Waals surface area contributed by atoms with Crippen molar-refractivity contribution in [2.75, 3.05) is 14.7 Å². The van der Waals surface area contributed by atoms with Crippen LogP contribution in [0, 0.1) is 0 Å². The molecule has 1 saturated heterocycles. The molecule has 1 unspecified atom stereocenters. The molecule has 5 heteroatoms. The Labute approximate surface area is 208 Å². The molecular formula is C30H23N3OS. The van der Waals surface area contributed by atoms with Gasteiger partial charge >= 0.3 is 5.12 Å². The summed E-state index contributed by atoms with van der Waals surface area (Å²) in [6.45, 7) is 0. The third-order valence-corrected chi connectivity index (χ3v) is 8.66. The highest BCUT2D eigenvalue weighted by Gasteiger charge is 2.71. The topological polar surface area (TPSA) is 32.8 Å². The number of hydrogen-bond acceptors (Lipinski definition) is 4. The first-order valence-corrected chi connectivity index (χ1v) is 12.9. The molecule has 170 valence electrons. The molecule has 1 spiro atoms. The largest absolute Gasteiger partial charge is 0.606 e. The van der Waals surface area contributed by atoms with Gasteiger partial charge in [-0.05, 0) is 61.0 Å². The van der Waals surface area contributed by atoms with Gasteiger partial charge in [0.1, 0.15) is 5.70 Å². The van der Waals surface area contributed by atoms with Crippen LogP contribution in [0.15, 0.2) is 138 Å². The normalized spacial score (nSPS) is 19.6. The van der Waals surface area contributed by atoms with Crippen LogP contribution < -0.4 is 14.7 Å². The fraction of sp³-hybridized carbons (Fsp3) is 0.0667. The summed E-state index contributed by atoms with van der Waals surface area (Å²) in [4.78, 5) is 7.70. The van der Waals surface area contributed by atoms with Crippen LogP contribution in [0.4, 0.5) is 28.4 Å². The summed E-state index contributed by atoms with van der Waals surface area (Å²) in [6.07, 6.45) is 5.11. The second-order valence-electron chi connectivity index (χ2n) is 8.74. The number of para-hydroxylation sites is 5. The van der Waals surface area contributed by atoms with Gasteiger partial charge in [-0.3, -0.25) is 14.7 Å². The van der Waals surface area contributed by atoms with Crippen LogP contribution >= 0.6 is 0 Å². The van der Waals surface area contributed by atoms with E-state index in [1.807, 2.05) is 54.6 Å². The van der Waals surface area contributed by atoms with E-state index in [2.05, 4.69) is 87.5 Å². The van der Waals surface area contributed by atoms with Crippen molar-refractivity contribution in [3.63, 3.8) is 0 Å². The van der Waals surface area contributed by atoms with E-state index in [4.69, 9.17) is 0 Å². The van der Waals surface area contributed by atoms with E-state index >= 15 is 0 Å². The fourth-order valence-corrected chi connectivity index (χ4v) is 7.53. The van der Waals surface area contributed by atoms with Crippen molar-refractivity contribution < 1.29 is 4.55 Å². The molecule has 4 aromatic carbocycles. The van der Waals surface area contributed by atoms with Gasteiger partial charge < -0.3 is 4.55 Å². The zero-order valence-electron chi connectivity index (χ0n) is 19.0. The van der Waals surface area contributed by atoms with Crippen LogP contribution in [0.2, 0.25) is 0 Å². The molecule has 3 aliphatic rings. The fourth-order valence-electron chi connectivity index (χ4n) is 5.52. The van der Waals surface area contributed by atoms with Gasteiger partial charge in [0, 0.05) is 0 Å². The van der Waals surface area contributed by atoms with Gasteiger partial charge in [-0.1, -0.05) is 72.8 Å². The number of benzene rings is 4. The summed E-state index contributed by atoms with van der Waals surface area (Å²) in [7, 11) is 0. The molecule has 0 radical (unpaired) electrons. The molecular weight excluding hydrogens is 450 g/mol. The molecule has 4 aromatic rings. The zero-order valence-corrected chi connectivity index (χ0v) is 19.8. The summed E-state index contributed by atoms with van der Waals surface area (Å²) in [6, 6.07) is 39.3. The highest BCUT2D eigenvalue weighted by molar-refractivity contribution is 7.97. The van der Waals surface area contributed by atoms with E-state index in [0.29, 0.717) is 0 Å². The quantitative estimate of drug-likeness (QED) is 0.299. The van der Waals surface area contributed by atoms with Gasteiger partial charge in [-0.15, -0.1) is 0 Å². The van der Waals surface area contributed by atoms with Crippen LogP contribution in [0.3, 0.4) is 0 Å². The lowest BCUT2D eigenvalue weighted by molar-refractivity contribution is 0.538. The Kier molecular flexibility index (Phi) is 4.56. The minimum atomic E-state index is -1.41. The smallest absolute Gasteiger partial charge is 0.380 e. The zero-order chi connectivity index (χ0) is 23.4. The van der Waals surface area contributed by atoms with E-state index in [-0.39, 0.29) is 0 Å². The standard InChI is InChI=1S/C30H23N3OS/c34-35-29-22-12-21-28(29)33(25-17-8-3-9-18-25)30(35)31(23-13-4-1-5-14-23)26-19-10-11-20-27(26)32(30)24-15-6-2-7-16-24/h1-11,13-22H,12H2. The number of allylic oxidation sites excluding steroid dienone is 2. The summed E-state index contributed by atoms with van der Waals surface area (Å²) in [5, 5.41) is -1.05. The highest BCUT2D eigenvalue weighted by Crippen LogP contribution is 2.62. The Morgan fingerprint density at radius 1 is 0.543 bits per heavy atom. The minimum absolute atomic E-state index is 0.791. The molecule has 0 aromatic heterocycles. The molecule has 1 aliphatic carbocycles. The van der Waals surface area contributed by atoms with Crippen molar-refractivity contribution in [3.05, 3.63) is 138 Å².